The van der Waals surface area contributed by atoms with Gasteiger partial charge < -0.3 is 9.84 Å². The Hall–Kier alpha value is -0.760. The SMILES string of the molecule is COc1ccc(CO)cc1S(=O)(=O)NCCSC. The molecule has 0 radical (unpaired) electrons. The predicted octanol–water partition coefficient (Wildman–Crippen LogP) is 0.829. The van der Waals surface area contributed by atoms with Crippen LogP contribution in [0.5, 0.6) is 5.75 Å². The van der Waals surface area contributed by atoms with E-state index in [0.717, 1.165) is 0 Å². The van der Waals surface area contributed by atoms with Gasteiger partial charge in [0, 0.05) is 12.3 Å². The lowest BCUT2D eigenvalue weighted by atomic mass is 10.2. The van der Waals surface area contributed by atoms with Crippen LogP contribution in [0, 0.1) is 0 Å². The van der Waals surface area contributed by atoms with Crippen molar-refractivity contribution in [1.29, 1.82) is 0 Å². The van der Waals surface area contributed by atoms with Gasteiger partial charge in [0.15, 0.2) is 0 Å². The maximum atomic E-state index is 12.1. The van der Waals surface area contributed by atoms with Gasteiger partial charge in [-0.25, -0.2) is 13.1 Å². The molecule has 0 heterocycles. The largest absolute Gasteiger partial charge is 0.495 e. The van der Waals surface area contributed by atoms with E-state index in [-0.39, 0.29) is 17.3 Å². The molecule has 1 rings (SSSR count). The lowest BCUT2D eigenvalue weighted by Gasteiger charge is -2.11. The molecule has 7 heteroatoms. The average Bonchev–Trinajstić information content (AvgIpc) is 2.38. The van der Waals surface area contributed by atoms with E-state index < -0.39 is 10.0 Å². The number of aliphatic hydroxyl groups is 1. The van der Waals surface area contributed by atoms with Crippen molar-refractivity contribution in [3.8, 4) is 5.75 Å². The van der Waals surface area contributed by atoms with E-state index in [9.17, 15) is 8.42 Å². The molecule has 0 aliphatic carbocycles. The first-order valence-corrected chi connectivity index (χ1v) is 8.19. The quantitative estimate of drug-likeness (QED) is 0.728. The van der Waals surface area contributed by atoms with Crippen LogP contribution in [0.25, 0.3) is 0 Å². The van der Waals surface area contributed by atoms with Crippen LogP contribution in [0.2, 0.25) is 0 Å². The van der Waals surface area contributed by atoms with Crippen molar-refractivity contribution in [2.45, 2.75) is 11.5 Å². The average molecular weight is 291 g/mol. The van der Waals surface area contributed by atoms with E-state index >= 15 is 0 Å². The molecule has 1 aromatic rings. The van der Waals surface area contributed by atoms with Crippen LogP contribution < -0.4 is 9.46 Å². The summed E-state index contributed by atoms with van der Waals surface area (Å²) < 4.78 is 31.7. The molecule has 0 spiro atoms. The van der Waals surface area contributed by atoms with Crippen LogP contribution in [0.1, 0.15) is 5.56 Å². The molecule has 0 unspecified atom stereocenters. The molecule has 0 aliphatic heterocycles. The Morgan fingerprint density at radius 3 is 2.72 bits per heavy atom. The Balaban J connectivity index is 3.05. The van der Waals surface area contributed by atoms with Gasteiger partial charge in [0.05, 0.1) is 13.7 Å². The van der Waals surface area contributed by atoms with E-state index in [1.807, 2.05) is 6.26 Å². The van der Waals surface area contributed by atoms with Gasteiger partial charge in [0.1, 0.15) is 10.6 Å². The highest BCUT2D eigenvalue weighted by Gasteiger charge is 2.19. The number of hydrogen-bond donors (Lipinski definition) is 2. The van der Waals surface area contributed by atoms with Crippen molar-refractivity contribution in [2.75, 3.05) is 25.7 Å². The van der Waals surface area contributed by atoms with Crippen LogP contribution in [-0.4, -0.2) is 39.2 Å². The van der Waals surface area contributed by atoms with Crippen LogP contribution >= 0.6 is 11.8 Å². The summed E-state index contributed by atoms with van der Waals surface area (Å²) >= 11 is 1.56. The Labute approximate surface area is 112 Å². The summed E-state index contributed by atoms with van der Waals surface area (Å²) in [7, 11) is -2.20. The first-order valence-electron chi connectivity index (χ1n) is 5.31. The van der Waals surface area contributed by atoms with Crippen molar-refractivity contribution in [3.63, 3.8) is 0 Å². The van der Waals surface area contributed by atoms with Crippen molar-refractivity contribution in [1.82, 2.24) is 4.72 Å². The van der Waals surface area contributed by atoms with E-state index in [1.54, 1.807) is 17.8 Å². The fraction of sp³-hybridized carbons (Fsp3) is 0.455. The maximum Gasteiger partial charge on any atom is 0.244 e. The van der Waals surface area contributed by atoms with Gasteiger partial charge in [-0.2, -0.15) is 11.8 Å². The summed E-state index contributed by atoms with van der Waals surface area (Å²) in [5.74, 6) is 0.963. The van der Waals surface area contributed by atoms with Gasteiger partial charge in [0.25, 0.3) is 0 Å². The van der Waals surface area contributed by atoms with Crippen LogP contribution in [-0.2, 0) is 16.6 Å². The molecule has 0 saturated heterocycles. The molecule has 18 heavy (non-hydrogen) atoms. The van der Waals surface area contributed by atoms with Crippen molar-refractivity contribution in [3.05, 3.63) is 23.8 Å². The fourth-order valence-corrected chi connectivity index (χ4v) is 3.07. The smallest absolute Gasteiger partial charge is 0.244 e. The first-order chi connectivity index (χ1) is 8.55. The maximum absolute atomic E-state index is 12.1. The first kappa shape index (κ1) is 15.3. The van der Waals surface area contributed by atoms with E-state index in [2.05, 4.69) is 4.72 Å². The summed E-state index contributed by atoms with van der Waals surface area (Å²) in [6.45, 7) is 0.146. The van der Waals surface area contributed by atoms with E-state index in [4.69, 9.17) is 9.84 Å². The van der Waals surface area contributed by atoms with Gasteiger partial charge in [-0.15, -0.1) is 0 Å². The molecule has 0 aliphatic rings. The summed E-state index contributed by atoms with van der Waals surface area (Å²) in [5.41, 5.74) is 0.529. The second kappa shape index (κ2) is 6.98. The zero-order valence-electron chi connectivity index (χ0n) is 10.3. The topological polar surface area (TPSA) is 75.6 Å². The monoisotopic (exact) mass is 291 g/mol. The van der Waals surface area contributed by atoms with Gasteiger partial charge in [-0.05, 0) is 24.0 Å². The highest BCUT2D eigenvalue weighted by Crippen LogP contribution is 2.24. The van der Waals surface area contributed by atoms with Crippen LogP contribution in [0.4, 0.5) is 0 Å². The third kappa shape index (κ3) is 3.88. The van der Waals surface area contributed by atoms with Crippen LogP contribution in [0.3, 0.4) is 0 Å². The van der Waals surface area contributed by atoms with Crippen molar-refractivity contribution >= 4 is 21.8 Å². The minimum atomic E-state index is -3.61. The van der Waals surface area contributed by atoms with E-state index in [0.29, 0.717) is 17.9 Å². The summed E-state index contributed by atoms with van der Waals surface area (Å²) in [6.07, 6.45) is 1.90. The minimum Gasteiger partial charge on any atom is -0.495 e. The number of ether oxygens (including phenoxy) is 1. The Bertz CT molecular complexity index is 488. The zero-order chi connectivity index (χ0) is 13.6. The lowest BCUT2D eigenvalue weighted by Crippen LogP contribution is -2.26. The lowest BCUT2D eigenvalue weighted by molar-refractivity contribution is 0.281. The summed E-state index contributed by atoms with van der Waals surface area (Å²) in [6, 6.07) is 4.58. The van der Waals surface area contributed by atoms with Gasteiger partial charge in [-0.3, -0.25) is 0 Å². The van der Waals surface area contributed by atoms with Gasteiger partial charge >= 0.3 is 0 Å². The molecule has 2 N–H and O–H groups in total. The molecule has 0 bridgehead atoms. The number of benzene rings is 1. The second-order valence-corrected chi connectivity index (χ2v) is 6.25. The normalized spacial score (nSPS) is 11.5. The number of nitrogens with one attached hydrogen (secondary N) is 1. The molecular formula is C11H17NO4S2. The molecule has 0 saturated carbocycles. The number of sulfonamides is 1. The number of rotatable bonds is 7. The third-order valence-corrected chi connectivity index (χ3v) is 4.39. The molecule has 0 fully saturated rings. The highest BCUT2D eigenvalue weighted by molar-refractivity contribution is 7.98. The fourth-order valence-electron chi connectivity index (χ4n) is 1.39. The van der Waals surface area contributed by atoms with E-state index in [1.165, 1.54) is 19.2 Å². The molecule has 0 aromatic heterocycles. The molecule has 0 amide bonds. The van der Waals surface area contributed by atoms with Crippen molar-refractivity contribution in [2.24, 2.45) is 0 Å². The highest BCUT2D eigenvalue weighted by atomic mass is 32.2. The Kier molecular flexibility index (Phi) is 5.94. The number of hydrogen-bond acceptors (Lipinski definition) is 5. The second-order valence-electron chi connectivity index (χ2n) is 3.53. The summed E-state index contributed by atoms with van der Waals surface area (Å²) in [5, 5.41) is 9.05. The van der Waals surface area contributed by atoms with Gasteiger partial charge in [-0.1, -0.05) is 6.07 Å². The summed E-state index contributed by atoms with van der Waals surface area (Å²) in [4.78, 5) is 0.0534. The number of methoxy groups -OCH3 is 1. The van der Waals surface area contributed by atoms with Crippen LogP contribution in [0.15, 0.2) is 23.1 Å². The molecule has 102 valence electrons. The minimum absolute atomic E-state index is 0.0534. The molecule has 1 aromatic carbocycles. The molecular weight excluding hydrogens is 274 g/mol. The Morgan fingerprint density at radius 2 is 2.17 bits per heavy atom. The number of thioether (sulfide) groups is 1. The molecule has 0 atom stereocenters. The van der Waals surface area contributed by atoms with Gasteiger partial charge in [0.2, 0.25) is 10.0 Å². The Morgan fingerprint density at radius 1 is 1.44 bits per heavy atom. The van der Waals surface area contributed by atoms with Crippen molar-refractivity contribution < 1.29 is 18.3 Å². The predicted molar refractivity (Wildman–Crippen MR) is 72.5 cm³/mol. The number of aliphatic hydroxyl groups excluding tert-OH is 1. The zero-order valence-corrected chi connectivity index (χ0v) is 12.0. The standard InChI is InChI=1S/C11H17NO4S2/c1-16-10-4-3-9(8-13)7-11(10)18(14,15)12-5-6-17-2/h3-4,7,12-13H,5-6,8H2,1-2H3. The third-order valence-electron chi connectivity index (χ3n) is 2.30. The molecule has 5 nitrogen and oxygen atoms in total.